The van der Waals surface area contributed by atoms with Gasteiger partial charge >= 0.3 is 5.96 Å². The van der Waals surface area contributed by atoms with Gasteiger partial charge < -0.3 is 0 Å². The fourth-order valence-electron chi connectivity index (χ4n) is 2.96. The van der Waals surface area contributed by atoms with Crippen molar-refractivity contribution in [1.82, 2.24) is 15.6 Å². The summed E-state index contributed by atoms with van der Waals surface area (Å²) in [5, 5.41) is 16.1. The number of guanidine groups is 1. The van der Waals surface area contributed by atoms with Gasteiger partial charge in [-0.15, -0.1) is 0 Å². The third-order valence-corrected chi connectivity index (χ3v) is 4.50. The number of nitrogens with one attached hydrogen (secondary N) is 2. The van der Waals surface area contributed by atoms with E-state index in [-0.39, 0.29) is 0 Å². The average molecular weight is 318 g/mol. The molecule has 0 unspecified atom stereocenters. The van der Waals surface area contributed by atoms with Crippen molar-refractivity contribution in [3.05, 3.63) is 65.5 Å². The topological polar surface area (TPSA) is 63.8 Å². The van der Waals surface area contributed by atoms with Crippen molar-refractivity contribution in [2.24, 2.45) is 0 Å². The number of benzene rings is 1. The van der Waals surface area contributed by atoms with Gasteiger partial charge in [-0.3, -0.25) is 15.2 Å². The zero-order chi connectivity index (χ0) is 16.4. The van der Waals surface area contributed by atoms with Crippen molar-refractivity contribution in [2.45, 2.75) is 24.9 Å². The minimum absolute atomic E-state index is 0.460. The molecule has 0 bridgehead atoms. The van der Waals surface area contributed by atoms with Crippen LogP contribution in [0.25, 0.3) is 0 Å². The Morgan fingerprint density at radius 2 is 2.08 bits per heavy atom. The molecule has 120 valence electrons. The van der Waals surface area contributed by atoms with Gasteiger partial charge in [0.05, 0.1) is 25.7 Å². The van der Waals surface area contributed by atoms with Crippen LogP contribution in [0.5, 0.6) is 0 Å². The van der Waals surface area contributed by atoms with Crippen LogP contribution in [-0.2, 0) is 6.54 Å². The number of pyridine rings is 1. The van der Waals surface area contributed by atoms with E-state index in [1.165, 1.54) is 12.0 Å². The van der Waals surface area contributed by atoms with Crippen LogP contribution in [0.2, 0.25) is 0 Å². The van der Waals surface area contributed by atoms with Crippen LogP contribution in [0.1, 0.15) is 29.2 Å². The summed E-state index contributed by atoms with van der Waals surface area (Å²) in [6, 6.07) is 17.0. The van der Waals surface area contributed by atoms with Crippen LogP contribution >= 0.6 is 0 Å². The predicted octanol–water partition coefficient (Wildman–Crippen LogP) is 1.57. The summed E-state index contributed by atoms with van der Waals surface area (Å²) in [5.41, 5.74) is 2.94. The molecule has 1 aromatic heterocycles. The molecular weight excluding hydrogens is 298 g/mol. The Morgan fingerprint density at radius 1 is 1.25 bits per heavy atom. The van der Waals surface area contributed by atoms with Crippen LogP contribution in [0.4, 0.5) is 0 Å². The first-order chi connectivity index (χ1) is 11.8. The maximum Gasteiger partial charge on any atom is 0.346 e. The summed E-state index contributed by atoms with van der Waals surface area (Å²) in [6.45, 7) is 2.88. The smallest absolute Gasteiger partial charge is 0.275 e. The van der Waals surface area contributed by atoms with E-state index < -0.39 is 0 Å². The van der Waals surface area contributed by atoms with Gasteiger partial charge in [-0.05, 0) is 29.7 Å². The number of hydrogen-bond acceptors (Lipinski definition) is 2. The molecule has 5 heteroatoms. The summed E-state index contributed by atoms with van der Waals surface area (Å²) in [4.78, 5) is 4.01. The molecule has 0 radical (unpaired) electrons. The van der Waals surface area contributed by atoms with Crippen molar-refractivity contribution in [3.8, 4) is 6.07 Å². The lowest BCUT2D eigenvalue weighted by molar-refractivity contribution is -0.341. The molecule has 2 fully saturated rings. The third-order valence-electron chi connectivity index (χ3n) is 4.50. The zero-order valence-electron chi connectivity index (χ0n) is 13.4. The summed E-state index contributed by atoms with van der Waals surface area (Å²) in [6.07, 6.45) is 2.86. The van der Waals surface area contributed by atoms with Gasteiger partial charge in [0, 0.05) is 12.1 Å². The molecule has 24 heavy (non-hydrogen) atoms. The SMILES string of the molecule is N#Cc1cc(CNC(N[C@@H]2C[C@H]2c2ccccc2)=[N+]2CC2)ccn1. The molecule has 1 aliphatic heterocycles. The lowest BCUT2D eigenvalue weighted by Crippen LogP contribution is -2.41. The predicted molar refractivity (Wildman–Crippen MR) is 91.5 cm³/mol. The van der Waals surface area contributed by atoms with Crippen LogP contribution in [0.15, 0.2) is 48.7 Å². The van der Waals surface area contributed by atoms with E-state index in [0.29, 0.717) is 24.2 Å². The largest absolute Gasteiger partial charge is 0.346 e. The average Bonchev–Trinajstić information content (AvgIpc) is 3.54. The number of rotatable bonds is 4. The molecule has 0 spiro atoms. The highest BCUT2D eigenvalue weighted by atomic mass is 15.3. The normalized spacial score (nSPS) is 20.9. The second kappa shape index (κ2) is 6.32. The molecule has 1 aromatic carbocycles. The first kappa shape index (κ1) is 14.7. The number of hydrogen-bond donors (Lipinski definition) is 2. The fraction of sp³-hybridized carbons (Fsp3) is 0.316. The maximum absolute atomic E-state index is 8.94. The molecule has 1 saturated heterocycles. The van der Waals surface area contributed by atoms with E-state index in [4.69, 9.17) is 5.26 Å². The van der Waals surface area contributed by atoms with Gasteiger partial charge in [0.25, 0.3) is 0 Å². The summed E-state index contributed by atoms with van der Waals surface area (Å²) in [7, 11) is 0. The quantitative estimate of drug-likeness (QED) is 0.510. The van der Waals surface area contributed by atoms with Crippen molar-refractivity contribution < 1.29 is 4.58 Å². The summed E-state index contributed by atoms with van der Waals surface area (Å²) in [5.74, 6) is 1.71. The molecule has 2 N–H and O–H groups in total. The molecule has 2 atom stereocenters. The molecule has 2 aliphatic rings. The second-order valence-corrected chi connectivity index (χ2v) is 6.35. The monoisotopic (exact) mass is 318 g/mol. The van der Waals surface area contributed by atoms with Gasteiger partial charge in [-0.25, -0.2) is 4.98 Å². The van der Waals surface area contributed by atoms with Crippen molar-refractivity contribution in [1.29, 1.82) is 5.26 Å². The van der Waals surface area contributed by atoms with Crippen molar-refractivity contribution in [3.63, 3.8) is 0 Å². The van der Waals surface area contributed by atoms with Crippen LogP contribution in [0, 0.1) is 11.3 Å². The van der Waals surface area contributed by atoms with Gasteiger partial charge in [0.2, 0.25) is 0 Å². The number of nitrogens with zero attached hydrogens (tertiary/aromatic N) is 3. The highest BCUT2D eigenvalue weighted by Crippen LogP contribution is 2.40. The first-order valence-corrected chi connectivity index (χ1v) is 8.36. The molecule has 1 aliphatic carbocycles. The first-order valence-electron chi connectivity index (χ1n) is 8.36. The van der Waals surface area contributed by atoms with Gasteiger partial charge in [0.15, 0.2) is 0 Å². The Morgan fingerprint density at radius 3 is 2.83 bits per heavy atom. The van der Waals surface area contributed by atoms with Gasteiger partial charge in [-0.1, -0.05) is 30.3 Å². The summed E-state index contributed by atoms with van der Waals surface area (Å²) < 4.78 is 2.30. The Labute approximate surface area is 141 Å². The van der Waals surface area contributed by atoms with Gasteiger partial charge in [0.1, 0.15) is 11.8 Å². The highest BCUT2D eigenvalue weighted by molar-refractivity contribution is 5.76. The van der Waals surface area contributed by atoms with Crippen LogP contribution < -0.4 is 10.6 Å². The van der Waals surface area contributed by atoms with Crippen molar-refractivity contribution >= 4 is 5.96 Å². The Hall–Kier alpha value is -2.87. The third kappa shape index (κ3) is 3.38. The Kier molecular flexibility index (Phi) is 3.87. The van der Waals surface area contributed by atoms with E-state index in [0.717, 1.165) is 24.6 Å². The van der Waals surface area contributed by atoms with Crippen LogP contribution in [-0.4, -0.2) is 34.7 Å². The maximum atomic E-state index is 8.94. The molecule has 2 aromatic rings. The van der Waals surface area contributed by atoms with Gasteiger partial charge in [-0.2, -0.15) is 5.26 Å². The molecular formula is C19H20N5+. The number of aromatic nitrogens is 1. The standard InChI is InChI=1S/C19H19N5/c20-12-16-10-14(6-7-21-16)13-22-19(24-8-9-24)23-18-11-17(18)15-4-2-1-3-5-15/h1-7,10,17-18H,8-9,11,13H2,(H,22,23)/p+1/t17-,18+/m0/s1. The lowest BCUT2D eigenvalue weighted by atomic mass is 10.1. The van der Waals surface area contributed by atoms with Crippen LogP contribution in [0.3, 0.4) is 0 Å². The Bertz CT molecular complexity index is 800. The highest BCUT2D eigenvalue weighted by Gasteiger charge is 2.43. The second-order valence-electron chi connectivity index (χ2n) is 6.35. The molecule has 1 saturated carbocycles. The minimum atomic E-state index is 0.460. The van der Waals surface area contributed by atoms with E-state index in [2.05, 4.69) is 56.6 Å². The van der Waals surface area contributed by atoms with E-state index >= 15 is 0 Å². The lowest BCUT2D eigenvalue weighted by Gasteiger charge is -2.06. The molecule has 0 amide bonds. The van der Waals surface area contributed by atoms with E-state index in [1.807, 2.05) is 12.1 Å². The fourth-order valence-corrected chi connectivity index (χ4v) is 2.96. The van der Waals surface area contributed by atoms with E-state index in [1.54, 1.807) is 6.20 Å². The Balaban J connectivity index is 1.37. The zero-order valence-corrected chi connectivity index (χ0v) is 13.4. The molecule has 5 nitrogen and oxygen atoms in total. The molecule has 4 rings (SSSR count). The molecule has 2 heterocycles. The minimum Gasteiger partial charge on any atom is -0.275 e. The summed E-state index contributed by atoms with van der Waals surface area (Å²) >= 11 is 0. The number of nitriles is 1. The van der Waals surface area contributed by atoms with Crippen molar-refractivity contribution in [2.75, 3.05) is 13.1 Å². The van der Waals surface area contributed by atoms with E-state index in [9.17, 15) is 0 Å².